The average Bonchev–Trinajstić information content (AvgIpc) is 3.23. The van der Waals surface area contributed by atoms with E-state index in [1.165, 1.54) is 11.1 Å². The van der Waals surface area contributed by atoms with Gasteiger partial charge in [0.15, 0.2) is 11.5 Å². The molecule has 32 heavy (non-hydrogen) atoms. The van der Waals surface area contributed by atoms with E-state index in [1.807, 2.05) is 12.1 Å². The highest BCUT2D eigenvalue weighted by Crippen LogP contribution is 2.33. The van der Waals surface area contributed by atoms with Crippen LogP contribution in [-0.2, 0) is 22.7 Å². The molecule has 0 unspecified atom stereocenters. The van der Waals surface area contributed by atoms with Crippen LogP contribution in [-0.4, -0.2) is 72.0 Å². The number of nitrogens with zero attached hydrogens (tertiary/aromatic N) is 2. The number of methoxy groups -OCH3 is 1. The lowest BCUT2D eigenvalue weighted by molar-refractivity contribution is -0.159. The minimum Gasteiger partial charge on any atom is -0.496 e. The van der Waals surface area contributed by atoms with Crippen LogP contribution in [0.2, 0.25) is 0 Å². The number of carboxylic acid groups (broad SMARTS) is 2. The highest BCUT2D eigenvalue weighted by Gasteiger charge is 2.19. The lowest BCUT2D eigenvalue weighted by Gasteiger charge is -2.34. The summed E-state index contributed by atoms with van der Waals surface area (Å²) in [5, 5.41) is 14.8. The molecule has 0 saturated carbocycles. The molecule has 0 bridgehead atoms. The molecule has 9 nitrogen and oxygen atoms in total. The molecule has 172 valence electrons. The summed E-state index contributed by atoms with van der Waals surface area (Å²) in [6.07, 6.45) is 0. The summed E-state index contributed by atoms with van der Waals surface area (Å²) >= 11 is 3.57. The van der Waals surface area contributed by atoms with Crippen molar-refractivity contribution in [3.05, 3.63) is 52.0 Å². The summed E-state index contributed by atoms with van der Waals surface area (Å²) in [6.45, 7) is 6.57. The zero-order chi connectivity index (χ0) is 23.1. The van der Waals surface area contributed by atoms with E-state index in [2.05, 4.69) is 50.0 Å². The number of ether oxygens (including phenoxy) is 3. The van der Waals surface area contributed by atoms with E-state index >= 15 is 0 Å². The highest BCUT2D eigenvalue weighted by molar-refractivity contribution is 9.10. The smallest absolute Gasteiger partial charge is 0.414 e. The van der Waals surface area contributed by atoms with Gasteiger partial charge in [-0.05, 0) is 51.3 Å². The molecule has 0 aromatic heterocycles. The number of aliphatic carboxylic acids is 2. The second kappa shape index (κ2) is 11.2. The fourth-order valence-corrected chi connectivity index (χ4v) is 4.06. The second-order valence-electron chi connectivity index (χ2n) is 7.32. The molecule has 0 aliphatic carbocycles. The van der Waals surface area contributed by atoms with Crippen molar-refractivity contribution in [2.45, 2.75) is 13.1 Å². The third-order valence-corrected chi connectivity index (χ3v) is 5.73. The molecule has 4 rings (SSSR count). The van der Waals surface area contributed by atoms with Crippen molar-refractivity contribution < 1.29 is 34.0 Å². The normalized spacial score (nSPS) is 15.6. The van der Waals surface area contributed by atoms with Gasteiger partial charge in [-0.1, -0.05) is 12.1 Å². The summed E-state index contributed by atoms with van der Waals surface area (Å²) in [4.78, 5) is 23.2. The van der Waals surface area contributed by atoms with Crippen LogP contribution >= 0.6 is 15.9 Å². The van der Waals surface area contributed by atoms with E-state index in [0.29, 0.717) is 6.79 Å². The minimum absolute atomic E-state index is 0.332. The number of carbonyl (C=O) groups is 2. The molecule has 2 aliphatic heterocycles. The number of carboxylic acids is 2. The van der Waals surface area contributed by atoms with Crippen LogP contribution in [0, 0.1) is 0 Å². The summed E-state index contributed by atoms with van der Waals surface area (Å²) in [5.74, 6) is -1.05. The zero-order valence-corrected chi connectivity index (χ0v) is 19.2. The second-order valence-corrected chi connectivity index (χ2v) is 8.17. The Balaban J connectivity index is 0.000000427. The van der Waals surface area contributed by atoms with Gasteiger partial charge in [0.25, 0.3) is 0 Å². The number of halogens is 1. The molecular weight excluding hydrogens is 484 g/mol. The highest BCUT2D eigenvalue weighted by atomic mass is 79.9. The monoisotopic (exact) mass is 508 g/mol. The number of fused-ring (bicyclic) bond motifs is 1. The van der Waals surface area contributed by atoms with Crippen LogP contribution in [0.1, 0.15) is 11.1 Å². The molecule has 0 amide bonds. The molecule has 2 aromatic rings. The van der Waals surface area contributed by atoms with E-state index in [0.717, 1.165) is 61.0 Å². The Morgan fingerprint density at radius 3 is 1.97 bits per heavy atom. The molecule has 2 heterocycles. The Morgan fingerprint density at radius 1 is 0.906 bits per heavy atom. The van der Waals surface area contributed by atoms with Crippen LogP contribution in [0.5, 0.6) is 17.2 Å². The minimum atomic E-state index is -1.82. The molecule has 2 aromatic carbocycles. The molecule has 10 heteroatoms. The maximum absolute atomic E-state index is 9.10. The van der Waals surface area contributed by atoms with Gasteiger partial charge in [-0.3, -0.25) is 9.80 Å². The van der Waals surface area contributed by atoms with Gasteiger partial charge in [0.1, 0.15) is 5.75 Å². The Bertz CT molecular complexity index is 949. The van der Waals surface area contributed by atoms with Crippen molar-refractivity contribution in [1.29, 1.82) is 0 Å². The predicted molar refractivity (Wildman–Crippen MR) is 119 cm³/mol. The molecule has 2 N–H and O–H groups in total. The van der Waals surface area contributed by atoms with Gasteiger partial charge < -0.3 is 24.4 Å². The fraction of sp³-hybridized carbons (Fsp3) is 0.364. The molecule has 0 atom stereocenters. The Labute approximate surface area is 194 Å². The number of piperazine rings is 1. The van der Waals surface area contributed by atoms with Crippen molar-refractivity contribution in [3.63, 3.8) is 0 Å². The third kappa shape index (κ3) is 6.59. The first-order valence-corrected chi connectivity index (χ1v) is 10.8. The maximum Gasteiger partial charge on any atom is 0.414 e. The van der Waals surface area contributed by atoms with Crippen molar-refractivity contribution in [2.24, 2.45) is 0 Å². The topological polar surface area (TPSA) is 109 Å². The molecule has 0 radical (unpaired) electrons. The Kier molecular flexibility index (Phi) is 8.32. The largest absolute Gasteiger partial charge is 0.496 e. The van der Waals surface area contributed by atoms with Crippen LogP contribution in [0.3, 0.4) is 0 Å². The molecule has 2 aliphatic rings. The van der Waals surface area contributed by atoms with Gasteiger partial charge in [0.2, 0.25) is 6.79 Å². The molecular formula is C22H25BrN2O7. The fourth-order valence-electron chi connectivity index (χ4n) is 3.47. The van der Waals surface area contributed by atoms with Crippen molar-refractivity contribution >= 4 is 27.9 Å². The average molecular weight is 509 g/mol. The summed E-state index contributed by atoms with van der Waals surface area (Å²) in [5.41, 5.74) is 2.59. The van der Waals surface area contributed by atoms with Crippen molar-refractivity contribution in [1.82, 2.24) is 9.80 Å². The van der Waals surface area contributed by atoms with Crippen LogP contribution in [0.4, 0.5) is 0 Å². The lowest BCUT2D eigenvalue weighted by Crippen LogP contribution is -2.45. The number of benzene rings is 2. The third-order valence-electron chi connectivity index (χ3n) is 5.11. The quantitative estimate of drug-likeness (QED) is 0.588. The van der Waals surface area contributed by atoms with E-state index in [9.17, 15) is 0 Å². The number of hydrogen-bond acceptors (Lipinski definition) is 7. The number of rotatable bonds is 5. The summed E-state index contributed by atoms with van der Waals surface area (Å²) in [7, 11) is 1.69. The summed E-state index contributed by atoms with van der Waals surface area (Å²) in [6, 6.07) is 12.6. The maximum atomic E-state index is 9.10. The van der Waals surface area contributed by atoms with Crippen molar-refractivity contribution in [3.8, 4) is 17.2 Å². The van der Waals surface area contributed by atoms with Crippen LogP contribution in [0.15, 0.2) is 40.9 Å². The van der Waals surface area contributed by atoms with Crippen LogP contribution in [0.25, 0.3) is 0 Å². The van der Waals surface area contributed by atoms with Gasteiger partial charge in [-0.15, -0.1) is 0 Å². The van der Waals surface area contributed by atoms with Gasteiger partial charge in [0.05, 0.1) is 11.6 Å². The lowest BCUT2D eigenvalue weighted by atomic mass is 10.1. The predicted octanol–water partition coefficient (Wildman–Crippen LogP) is 2.66. The SMILES string of the molecule is COc1ccc(CN2CCN(Cc3ccc4c(c3)OCO4)CC2)cc1Br.O=C(O)C(=O)O. The van der Waals surface area contributed by atoms with Crippen LogP contribution < -0.4 is 14.2 Å². The van der Waals surface area contributed by atoms with E-state index in [1.54, 1.807) is 7.11 Å². The Hall–Kier alpha value is -2.82. The van der Waals surface area contributed by atoms with Gasteiger partial charge in [-0.2, -0.15) is 0 Å². The van der Waals surface area contributed by atoms with Gasteiger partial charge >= 0.3 is 11.9 Å². The zero-order valence-electron chi connectivity index (χ0n) is 17.6. The van der Waals surface area contributed by atoms with E-state index in [4.69, 9.17) is 34.0 Å². The molecule has 1 fully saturated rings. The standard InChI is InChI=1S/C20H23BrN2O3.C2H2O4/c1-24-18-4-2-15(10-17(18)21)12-22-6-8-23(9-7-22)13-16-3-5-19-20(11-16)26-14-25-19;3-1(4)2(5)6/h2-5,10-11H,6-9,12-14H2,1H3;(H,3,4)(H,5,6). The van der Waals surface area contributed by atoms with Gasteiger partial charge in [0, 0.05) is 39.3 Å². The van der Waals surface area contributed by atoms with E-state index < -0.39 is 11.9 Å². The molecule has 0 spiro atoms. The Morgan fingerprint density at radius 2 is 1.44 bits per heavy atom. The first-order chi connectivity index (χ1) is 15.4. The van der Waals surface area contributed by atoms with E-state index in [-0.39, 0.29) is 0 Å². The summed E-state index contributed by atoms with van der Waals surface area (Å²) < 4.78 is 17.2. The first-order valence-electron chi connectivity index (χ1n) is 9.97. The molecule has 1 saturated heterocycles. The van der Waals surface area contributed by atoms with Gasteiger partial charge in [-0.25, -0.2) is 9.59 Å². The first kappa shape index (κ1) is 23.8. The number of hydrogen-bond donors (Lipinski definition) is 2. The van der Waals surface area contributed by atoms with Crippen molar-refractivity contribution in [2.75, 3.05) is 40.1 Å².